The number of halogens is 1. The quantitative estimate of drug-likeness (QED) is 0.497. The number of ether oxygens (including phenoxy) is 1. The van der Waals surface area contributed by atoms with Gasteiger partial charge in [-0.25, -0.2) is 4.79 Å². The maximum atomic E-state index is 11.8. The van der Waals surface area contributed by atoms with Gasteiger partial charge in [-0.2, -0.15) is 0 Å². The maximum Gasteiger partial charge on any atom is 0.352 e. The van der Waals surface area contributed by atoms with Crippen molar-refractivity contribution in [3.63, 3.8) is 0 Å². The lowest BCUT2D eigenvalue weighted by molar-refractivity contribution is -0.116. The van der Waals surface area contributed by atoms with E-state index in [-0.39, 0.29) is 12.5 Å². The van der Waals surface area contributed by atoms with Crippen molar-refractivity contribution in [2.75, 3.05) is 17.8 Å². The Morgan fingerprint density at radius 2 is 2.21 bits per heavy atom. The molecule has 0 fully saturated rings. The van der Waals surface area contributed by atoms with Crippen LogP contribution in [0.5, 0.6) is 0 Å². The Kier molecular flexibility index (Phi) is 6.47. The Balaban J connectivity index is 2.95. The van der Waals surface area contributed by atoms with E-state index in [2.05, 4.69) is 5.32 Å². The summed E-state index contributed by atoms with van der Waals surface area (Å²) in [7, 11) is 1.69. The third kappa shape index (κ3) is 4.29. The molecule has 0 aromatic carbocycles. The summed E-state index contributed by atoms with van der Waals surface area (Å²) in [4.78, 5) is 23.8. The van der Waals surface area contributed by atoms with E-state index in [9.17, 15) is 9.59 Å². The van der Waals surface area contributed by atoms with Gasteiger partial charge in [0.2, 0.25) is 5.91 Å². The minimum absolute atomic E-state index is 0.199. The van der Waals surface area contributed by atoms with Crippen molar-refractivity contribution >= 4 is 52.8 Å². The summed E-state index contributed by atoms with van der Waals surface area (Å²) < 4.78 is 7.02. The number of hydrogen-bond donors (Lipinski definition) is 1. The molecule has 0 aliphatic rings. The number of rotatable bonds is 6. The molecular weight excluding hydrogens is 308 g/mol. The molecule has 0 radical (unpaired) electrons. The van der Waals surface area contributed by atoms with Crippen LogP contribution in [0.2, 0.25) is 0 Å². The molecule has 1 aromatic heterocycles. The van der Waals surface area contributed by atoms with Gasteiger partial charge in [0.25, 0.3) is 0 Å². The molecule has 1 rings (SSSR count). The molecule has 8 heteroatoms. The van der Waals surface area contributed by atoms with E-state index in [4.69, 9.17) is 28.6 Å². The Hall–Kier alpha value is -0.920. The molecule has 1 N–H and O–H groups in total. The summed E-state index contributed by atoms with van der Waals surface area (Å²) in [5, 5.41) is 2.68. The first-order chi connectivity index (χ1) is 9.01. The van der Waals surface area contributed by atoms with Gasteiger partial charge in [-0.1, -0.05) is 11.3 Å². The van der Waals surface area contributed by atoms with Crippen molar-refractivity contribution < 1.29 is 14.3 Å². The highest BCUT2D eigenvalue weighted by Gasteiger charge is 2.20. The van der Waals surface area contributed by atoms with Gasteiger partial charge < -0.3 is 14.6 Å². The van der Waals surface area contributed by atoms with E-state index < -0.39 is 5.97 Å². The van der Waals surface area contributed by atoms with Gasteiger partial charge in [-0.15, -0.1) is 11.6 Å². The first kappa shape index (κ1) is 16.1. The number of carbonyl (C=O) groups excluding carboxylic acids is 2. The lowest BCUT2D eigenvalue weighted by atomic mass is 10.3. The van der Waals surface area contributed by atoms with Gasteiger partial charge in [0, 0.05) is 19.3 Å². The predicted molar refractivity (Wildman–Crippen MR) is 78.7 cm³/mol. The summed E-state index contributed by atoms with van der Waals surface area (Å²) in [5.74, 6) is 0.120. The third-order valence-electron chi connectivity index (χ3n) is 2.27. The molecule has 0 saturated heterocycles. The summed E-state index contributed by atoms with van der Waals surface area (Å²) in [6.45, 7) is 1.99. The zero-order valence-corrected chi connectivity index (χ0v) is 13.1. The van der Waals surface area contributed by atoms with Crippen molar-refractivity contribution in [1.82, 2.24) is 4.57 Å². The van der Waals surface area contributed by atoms with Crippen LogP contribution in [-0.4, -0.2) is 28.9 Å². The number of carbonyl (C=O) groups is 2. The topological polar surface area (TPSA) is 60.3 Å². The SMILES string of the molecule is CCOC(=O)c1sc(=S)n(C)c1NC(=O)CCCCl. The average molecular weight is 323 g/mol. The van der Waals surface area contributed by atoms with Crippen molar-refractivity contribution in [1.29, 1.82) is 0 Å². The molecule has 0 aliphatic heterocycles. The van der Waals surface area contributed by atoms with Gasteiger partial charge in [-0.05, 0) is 25.6 Å². The molecule has 5 nitrogen and oxygen atoms in total. The second-order valence-corrected chi connectivity index (χ2v) is 5.69. The second kappa shape index (κ2) is 7.62. The molecule has 0 bridgehead atoms. The fourth-order valence-electron chi connectivity index (χ4n) is 1.35. The Morgan fingerprint density at radius 3 is 2.79 bits per heavy atom. The summed E-state index contributed by atoms with van der Waals surface area (Å²) in [6.07, 6.45) is 0.880. The van der Waals surface area contributed by atoms with Crippen molar-refractivity contribution in [2.45, 2.75) is 19.8 Å². The van der Waals surface area contributed by atoms with Crippen LogP contribution in [0.25, 0.3) is 0 Å². The van der Waals surface area contributed by atoms with Gasteiger partial charge >= 0.3 is 5.97 Å². The highest BCUT2D eigenvalue weighted by molar-refractivity contribution is 7.73. The van der Waals surface area contributed by atoms with E-state index in [0.29, 0.717) is 33.4 Å². The van der Waals surface area contributed by atoms with Gasteiger partial charge in [-0.3, -0.25) is 4.79 Å². The number of amides is 1. The van der Waals surface area contributed by atoms with Crippen molar-refractivity contribution in [3.8, 4) is 0 Å². The van der Waals surface area contributed by atoms with E-state index >= 15 is 0 Å². The van der Waals surface area contributed by atoms with E-state index in [0.717, 1.165) is 11.3 Å². The number of anilines is 1. The average Bonchev–Trinajstić information content (AvgIpc) is 2.65. The summed E-state index contributed by atoms with van der Waals surface area (Å²) >= 11 is 11.8. The Bertz CT molecular complexity index is 525. The molecule has 1 amide bonds. The van der Waals surface area contributed by atoms with Gasteiger partial charge in [0.15, 0.2) is 8.83 Å². The molecule has 0 atom stereocenters. The number of aromatic nitrogens is 1. The number of nitrogens with zero attached hydrogens (tertiary/aromatic N) is 1. The highest BCUT2D eigenvalue weighted by atomic mass is 35.5. The number of alkyl halides is 1. The van der Waals surface area contributed by atoms with Crippen LogP contribution in [0.15, 0.2) is 0 Å². The standard InChI is InChI=1S/C11H15ClN2O3S2/c1-3-17-10(16)8-9(14(2)11(18)19-8)13-7(15)5-4-6-12/h3-6H2,1-2H3,(H,13,15). The molecule has 0 unspecified atom stereocenters. The first-order valence-corrected chi connectivity index (χ1v) is 7.50. The van der Waals surface area contributed by atoms with Crippen molar-refractivity contribution in [2.24, 2.45) is 7.05 Å². The first-order valence-electron chi connectivity index (χ1n) is 5.74. The Morgan fingerprint density at radius 1 is 1.53 bits per heavy atom. The largest absolute Gasteiger partial charge is 0.462 e. The highest BCUT2D eigenvalue weighted by Crippen LogP contribution is 2.25. The van der Waals surface area contributed by atoms with Crippen LogP contribution in [0.1, 0.15) is 29.4 Å². The van der Waals surface area contributed by atoms with Crippen LogP contribution in [0.3, 0.4) is 0 Å². The minimum Gasteiger partial charge on any atom is -0.462 e. The normalized spacial score (nSPS) is 10.3. The summed E-state index contributed by atoms with van der Waals surface area (Å²) in [6, 6.07) is 0. The fraction of sp³-hybridized carbons (Fsp3) is 0.545. The molecule has 106 valence electrons. The summed E-state index contributed by atoms with van der Waals surface area (Å²) in [5.41, 5.74) is 0. The van der Waals surface area contributed by atoms with Crippen LogP contribution in [0, 0.1) is 3.95 Å². The number of thiazole rings is 1. The molecule has 0 aliphatic carbocycles. The molecule has 0 spiro atoms. The third-order valence-corrected chi connectivity index (χ3v) is 4.07. The Labute approximate surface area is 125 Å². The molecule has 1 heterocycles. The molecule has 0 saturated carbocycles. The fourth-order valence-corrected chi connectivity index (χ4v) is 2.65. The van der Waals surface area contributed by atoms with E-state index in [1.807, 2.05) is 0 Å². The lowest BCUT2D eigenvalue weighted by Crippen LogP contribution is -2.17. The maximum absolute atomic E-state index is 11.8. The molecule has 19 heavy (non-hydrogen) atoms. The predicted octanol–water partition coefficient (Wildman–Crippen LogP) is 2.95. The lowest BCUT2D eigenvalue weighted by Gasteiger charge is -2.08. The second-order valence-electron chi connectivity index (χ2n) is 3.67. The number of nitrogens with one attached hydrogen (secondary N) is 1. The molecule has 1 aromatic rings. The zero-order valence-electron chi connectivity index (χ0n) is 10.7. The zero-order chi connectivity index (χ0) is 14.4. The van der Waals surface area contributed by atoms with Crippen LogP contribution in [-0.2, 0) is 16.6 Å². The van der Waals surface area contributed by atoms with Crippen LogP contribution >= 0.6 is 35.2 Å². The van der Waals surface area contributed by atoms with Gasteiger partial charge in [0.1, 0.15) is 5.82 Å². The van der Waals surface area contributed by atoms with Crippen LogP contribution < -0.4 is 5.32 Å². The van der Waals surface area contributed by atoms with Crippen LogP contribution in [0.4, 0.5) is 5.82 Å². The number of esters is 1. The van der Waals surface area contributed by atoms with Gasteiger partial charge in [0.05, 0.1) is 6.61 Å². The smallest absolute Gasteiger partial charge is 0.352 e. The van der Waals surface area contributed by atoms with E-state index in [1.165, 1.54) is 0 Å². The van der Waals surface area contributed by atoms with E-state index in [1.54, 1.807) is 18.5 Å². The number of hydrogen-bond acceptors (Lipinski definition) is 5. The molecular formula is C11H15ClN2O3S2. The monoisotopic (exact) mass is 322 g/mol. The minimum atomic E-state index is -0.480. The van der Waals surface area contributed by atoms with Crippen molar-refractivity contribution in [3.05, 3.63) is 8.83 Å².